The fraction of sp³-hybridized carbons (Fsp3) is 0.282. The fourth-order valence-corrected chi connectivity index (χ4v) is 15.4. The number of rotatable bonds is 4. The first-order valence-corrected chi connectivity index (χ1v) is 20.8. The summed E-state index contributed by atoms with van der Waals surface area (Å²) >= 11 is 11.6. The molecule has 232 valence electrons. The van der Waals surface area contributed by atoms with Gasteiger partial charge in [0.2, 0.25) is 0 Å². The molecule has 0 saturated carbocycles. The van der Waals surface area contributed by atoms with E-state index < -0.39 is 0 Å². The summed E-state index contributed by atoms with van der Waals surface area (Å²) in [5.41, 5.74) is 18.0. The molecule has 1 aliphatic heterocycles. The van der Waals surface area contributed by atoms with E-state index in [0.717, 1.165) is 11.4 Å². The van der Waals surface area contributed by atoms with Crippen LogP contribution in [0.4, 0.5) is 0 Å². The van der Waals surface area contributed by atoms with Crippen LogP contribution in [0.3, 0.4) is 0 Å². The third kappa shape index (κ3) is 4.08. The second-order valence-corrected chi connectivity index (χ2v) is 20.8. The van der Waals surface area contributed by atoms with E-state index in [-0.39, 0.29) is 10.8 Å². The average molecular weight is 710 g/mol. The molecule has 0 amide bonds. The molecule has 2 aliphatic carbocycles. The van der Waals surface area contributed by atoms with E-state index in [0.29, 0.717) is 5.25 Å². The van der Waals surface area contributed by atoms with Crippen molar-refractivity contribution in [2.45, 2.75) is 71.0 Å². The molecule has 1 atom stereocenters. The Morgan fingerprint density at radius 3 is 1.63 bits per heavy atom. The molecule has 0 fully saturated rings. The van der Waals surface area contributed by atoms with Gasteiger partial charge >= 0.3 is 0 Å². The number of aryl methyl sites for hydroxylation is 1. The normalized spacial score (nSPS) is 18.5. The van der Waals surface area contributed by atoms with Crippen LogP contribution in [0.2, 0.25) is 0 Å². The van der Waals surface area contributed by atoms with Crippen LogP contribution in [0, 0.1) is 20.8 Å². The minimum atomic E-state index is -0.0441. The molecule has 1 unspecified atom stereocenters. The van der Waals surface area contributed by atoms with Gasteiger partial charge in [0.1, 0.15) is 0 Å². The summed E-state index contributed by atoms with van der Waals surface area (Å²) in [5.74, 6) is 0. The summed E-state index contributed by atoms with van der Waals surface area (Å²) in [6.07, 6.45) is 3.21. The molecule has 7 heteroatoms. The molecule has 1 nitrogen and oxygen atoms in total. The quantitative estimate of drug-likeness (QED) is 0.197. The van der Waals surface area contributed by atoms with Gasteiger partial charge in [-0.15, -0.1) is 68.4 Å². The highest BCUT2D eigenvalue weighted by Crippen LogP contribution is 2.64. The van der Waals surface area contributed by atoms with Crippen molar-refractivity contribution in [2.75, 3.05) is 0 Å². The Hall–Kier alpha value is -2.39. The second kappa shape index (κ2) is 10.1. The third-order valence-electron chi connectivity index (χ3n) is 10.3. The van der Waals surface area contributed by atoms with E-state index in [1.54, 1.807) is 11.8 Å². The number of thiophene rings is 5. The van der Waals surface area contributed by atoms with Gasteiger partial charge in [0.05, 0.1) is 5.03 Å². The zero-order valence-electron chi connectivity index (χ0n) is 27.0. The number of allylic oxidation sites excluding steroid dienone is 1. The van der Waals surface area contributed by atoms with Crippen LogP contribution in [0.15, 0.2) is 59.6 Å². The minimum Gasteiger partial charge on any atom is -0.394 e. The zero-order chi connectivity index (χ0) is 31.9. The van der Waals surface area contributed by atoms with Crippen molar-refractivity contribution >= 4 is 68.4 Å². The lowest BCUT2D eigenvalue weighted by Crippen LogP contribution is -2.20. The summed E-state index contributed by atoms with van der Waals surface area (Å²) in [6, 6.07) is 18.8. The molecular formula is C39H35NS6. The van der Waals surface area contributed by atoms with Gasteiger partial charge in [-0.05, 0) is 120 Å². The first-order chi connectivity index (χ1) is 21.9. The molecule has 0 bridgehead atoms. The van der Waals surface area contributed by atoms with Crippen LogP contribution >= 0.6 is 68.4 Å². The monoisotopic (exact) mass is 709 g/mol. The lowest BCUT2D eigenvalue weighted by Gasteiger charge is -2.29. The van der Waals surface area contributed by atoms with Gasteiger partial charge < -0.3 is 5.73 Å². The van der Waals surface area contributed by atoms with Crippen molar-refractivity contribution in [1.29, 1.82) is 0 Å². The summed E-state index contributed by atoms with van der Waals surface area (Å²) in [7, 11) is 0. The molecule has 0 spiro atoms. The number of nitrogens with two attached hydrogens (primary N) is 1. The molecular weight excluding hydrogens is 675 g/mol. The smallest absolute Gasteiger partial charge is 0.0621 e. The van der Waals surface area contributed by atoms with E-state index in [1.807, 2.05) is 56.7 Å². The van der Waals surface area contributed by atoms with Crippen LogP contribution in [0.25, 0.3) is 50.1 Å². The van der Waals surface area contributed by atoms with Gasteiger partial charge in [-0.2, -0.15) is 0 Å². The Balaban J connectivity index is 1.14. The summed E-state index contributed by atoms with van der Waals surface area (Å²) in [6.45, 7) is 16.8. The number of hydrogen-bond donors (Lipinski definition) is 1. The molecule has 0 radical (unpaired) electrons. The maximum absolute atomic E-state index is 6.10. The fourth-order valence-electron chi connectivity index (χ4n) is 8.21. The molecule has 6 heterocycles. The van der Waals surface area contributed by atoms with Gasteiger partial charge in [-0.3, -0.25) is 0 Å². The van der Waals surface area contributed by atoms with Crippen LogP contribution in [-0.2, 0) is 10.8 Å². The second-order valence-electron chi connectivity index (χ2n) is 13.9. The summed E-state index contributed by atoms with van der Waals surface area (Å²) in [4.78, 5) is 14.1. The molecule has 0 saturated heterocycles. The van der Waals surface area contributed by atoms with Crippen LogP contribution in [-0.4, -0.2) is 0 Å². The maximum atomic E-state index is 6.10. The van der Waals surface area contributed by atoms with Crippen molar-refractivity contribution in [1.82, 2.24) is 0 Å². The van der Waals surface area contributed by atoms with Gasteiger partial charge in [0, 0.05) is 64.9 Å². The number of thioether (sulfide) groups is 1. The van der Waals surface area contributed by atoms with E-state index in [1.165, 1.54) is 93.3 Å². The molecule has 1 aromatic carbocycles. The summed E-state index contributed by atoms with van der Waals surface area (Å²) < 4.78 is 0. The standard InChI is InChI=1S/C39H35NS6/c1-18-8-9-23(41-18)24-10-12-27(42-24)29-16-21-36(45-29)32-19(2)35-33(20(3)34(32)38(21,4)5)37-22(39(35,6)7)17-30(46-37)28-13-11-25(43-28)26-14-15-31(40)44-26/h8-13,15-17,26H,14,40H2,1-7H3. The van der Waals surface area contributed by atoms with E-state index in [2.05, 4.69) is 103 Å². The SMILES string of the molecule is Cc1ccc(-c2ccc(-c3cc4c(s3)-c3c(C)c5c(c(C)c3C4(C)C)-c3sc(-c4ccc(C6CC=C(N)S6)s4)cc3C5(C)C)s2)s1. The van der Waals surface area contributed by atoms with Gasteiger partial charge in [0.25, 0.3) is 0 Å². The highest BCUT2D eigenvalue weighted by Gasteiger charge is 2.47. The number of fused-ring (bicyclic) bond motifs is 6. The predicted octanol–water partition coefficient (Wildman–Crippen LogP) is 13.5. The Morgan fingerprint density at radius 2 is 1.11 bits per heavy atom. The van der Waals surface area contributed by atoms with Crippen LogP contribution in [0.1, 0.15) is 82.5 Å². The van der Waals surface area contributed by atoms with Crippen molar-refractivity contribution in [3.05, 3.63) is 103 Å². The molecule has 3 aliphatic rings. The Labute approximate surface area is 295 Å². The Kier molecular flexibility index (Phi) is 6.50. The number of benzene rings is 1. The maximum Gasteiger partial charge on any atom is 0.0621 e. The lowest BCUT2D eigenvalue weighted by atomic mass is 9.74. The Morgan fingerprint density at radius 1 is 0.609 bits per heavy atom. The Bertz CT molecular complexity index is 2270. The predicted molar refractivity (Wildman–Crippen MR) is 209 cm³/mol. The van der Waals surface area contributed by atoms with E-state index in [4.69, 9.17) is 5.73 Å². The molecule has 2 N–H and O–H groups in total. The van der Waals surface area contributed by atoms with Crippen LogP contribution < -0.4 is 5.73 Å². The molecule has 9 rings (SSSR count). The highest BCUT2D eigenvalue weighted by atomic mass is 32.2. The molecule has 6 aromatic rings. The summed E-state index contributed by atoms with van der Waals surface area (Å²) in [5, 5.41) is 1.43. The molecule has 5 aromatic heterocycles. The largest absolute Gasteiger partial charge is 0.394 e. The van der Waals surface area contributed by atoms with E-state index >= 15 is 0 Å². The first kappa shape index (κ1) is 29.7. The topological polar surface area (TPSA) is 26.0 Å². The van der Waals surface area contributed by atoms with Crippen LogP contribution in [0.5, 0.6) is 0 Å². The average Bonchev–Trinajstić information content (AvgIpc) is 3.84. The van der Waals surface area contributed by atoms with Crippen molar-refractivity contribution in [3.8, 4) is 50.1 Å². The van der Waals surface area contributed by atoms with Crippen molar-refractivity contribution < 1.29 is 0 Å². The third-order valence-corrected chi connectivity index (χ3v) is 17.8. The lowest BCUT2D eigenvalue weighted by molar-refractivity contribution is 0.646. The zero-order valence-corrected chi connectivity index (χ0v) is 31.9. The van der Waals surface area contributed by atoms with Gasteiger partial charge in [-0.1, -0.05) is 33.8 Å². The van der Waals surface area contributed by atoms with Gasteiger partial charge in [-0.25, -0.2) is 0 Å². The minimum absolute atomic E-state index is 0.0429. The van der Waals surface area contributed by atoms with Crippen molar-refractivity contribution in [2.24, 2.45) is 5.73 Å². The molecule has 46 heavy (non-hydrogen) atoms. The number of hydrogen-bond acceptors (Lipinski definition) is 7. The highest BCUT2D eigenvalue weighted by molar-refractivity contribution is 8.03. The van der Waals surface area contributed by atoms with E-state index in [9.17, 15) is 0 Å². The first-order valence-electron chi connectivity index (χ1n) is 15.8. The van der Waals surface area contributed by atoms with Gasteiger partial charge in [0.15, 0.2) is 0 Å². The van der Waals surface area contributed by atoms with Crippen molar-refractivity contribution in [3.63, 3.8) is 0 Å².